The molecule has 3 heterocycles. The Bertz CT molecular complexity index is 1090. The van der Waals surface area contributed by atoms with Crippen LogP contribution in [-0.2, 0) is 24.2 Å². The third-order valence-corrected chi connectivity index (χ3v) is 5.25. The molecule has 0 unspecified atom stereocenters. The Balaban J connectivity index is 1.40. The molecular formula is C21H19N3O. The lowest BCUT2D eigenvalue weighted by Crippen LogP contribution is -2.36. The van der Waals surface area contributed by atoms with E-state index < -0.39 is 0 Å². The van der Waals surface area contributed by atoms with Crippen molar-refractivity contribution in [2.75, 3.05) is 6.54 Å². The van der Waals surface area contributed by atoms with Crippen LogP contribution >= 0.6 is 0 Å². The molecule has 1 aliphatic heterocycles. The van der Waals surface area contributed by atoms with Crippen molar-refractivity contribution in [1.29, 1.82) is 0 Å². The van der Waals surface area contributed by atoms with Gasteiger partial charge in [0.2, 0.25) is 5.91 Å². The second-order valence-electron chi connectivity index (χ2n) is 6.73. The summed E-state index contributed by atoms with van der Waals surface area (Å²) in [7, 11) is 0. The van der Waals surface area contributed by atoms with E-state index in [1.165, 1.54) is 22.2 Å². The number of benzene rings is 2. The number of hydrogen-bond acceptors (Lipinski definition) is 1. The Hall–Kier alpha value is -3.01. The number of aromatic nitrogens is 2. The summed E-state index contributed by atoms with van der Waals surface area (Å²) >= 11 is 0. The predicted molar refractivity (Wildman–Crippen MR) is 99.4 cm³/mol. The van der Waals surface area contributed by atoms with Crippen LogP contribution in [0.25, 0.3) is 21.8 Å². The number of hydrogen-bond donors (Lipinski definition) is 2. The van der Waals surface area contributed by atoms with Crippen molar-refractivity contribution in [3.8, 4) is 0 Å². The molecule has 0 fully saturated rings. The largest absolute Gasteiger partial charge is 0.361 e. The molecule has 2 aromatic carbocycles. The first-order chi connectivity index (χ1) is 12.3. The number of H-pyrrole nitrogens is 2. The van der Waals surface area contributed by atoms with Crippen molar-refractivity contribution in [2.45, 2.75) is 19.4 Å². The highest BCUT2D eigenvalue weighted by Crippen LogP contribution is 2.28. The highest BCUT2D eigenvalue weighted by Gasteiger charge is 2.24. The van der Waals surface area contributed by atoms with Crippen molar-refractivity contribution in [2.24, 2.45) is 0 Å². The minimum Gasteiger partial charge on any atom is -0.361 e. The molecule has 0 bridgehead atoms. The molecule has 2 N–H and O–H groups in total. The normalized spacial score (nSPS) is 14.2. The molecule has 0 saturated carbocycles. The van der Waals surface area contributed by atoms with E-state index in [0.29, 0.717) is 13.0 Å². The Labute approximate surface area is 145 Å². The van der Waals surface area contributed by atoms with Gasteiger partial charge in [-0.2, -0.15) is 0 Å². The molecule has 1 aliphatic rings. The molecule has 124 valence electrons. The van der Waals surface area contributed by atoms with Crippen molar-refractivity contribution < 1.29 is 4.79 Å². The number of carbonyl (C=O) groups is 1. The Morgan fingerprint density at radius 2 is 1.76 bits per heavy atom. The molecule has 0 aliphatic carbocycles. The van der Waals surface area contributed by atoms with E-state index in [1.807, 2.05) is 35.4 Å². The summed E-state index contributed by atoms with van der Waals surface area (Å²) in [5, 5.41) is 2.43. The van der Waals surface area contributed by atoms with Gasteiger partial charge in [0.25, 0.3) is 0 Å². The molecule has 4 heteroatoms. The number of nitrogens with zero attached hydrogens (tertiary/aromatic N) is 1. The number of aromatic amines is 2. The summed E-state index contributed by atoms with van der Waals surface area (Å²) in [6.07, 6.45) is 3.32. The maximum Gasteiger partial charge on any atom is 0.227 e. The maximum atomic E-state index is 12.8. The quantitative estimate of drug-likeness (QED) is 0.578. The number of carbonyl (C=O) groups excluding carboxylic acids is 1. The fourth-order valence-corrected chi connectivity index (χ4v) is 3.96. The molecule has 25 heavy (non-hydrogen) atoms. The Kier molecular flexibility index (Phi) is 3.17. The SMILES string of the molecule is O=C(Cc1c[nH]c2ccccc12)N1CCc2c([nH]c3ccccc23)C1. The number of fused-ring (bicyclic) bond motifs is 4. The standard InChI is InChI=1S/C21H19N3O/c25-21(11-14-12-22-18-7-3-1-5-15(14)18)24-10-9-17-16-6-2-4-8-19(16)23-20(17)13-24/h1-8,12,22-23H,9-11,13H2. The lowest BCUT2D eigenvalue weighted by atomic mass is 10.0. The number of nitrogens with one attached hydrogen (secondary N) is 2. The van der Waals surface area contributed by atoms with E-state index in [2.05, 4.69) is 34.2 Å². The van der Waals surface area contributed by atoms with Gasteiger partial charge in [-0.15, -0.1) is 0 Å². The Morgan fingerprint density at radius 3 is 2.64 bits per heavy atom. The van der Waals surface area contributed by atoms with Gasteiger partial charge in [0.15, 0.2) is 0 Å². The summed E-state index contributed by atoms with van der Waals surface area (Å²) in [4.78, 5) is 21.5. The molecule has 2 aromatic heterocycles. The van der Waals surface area contributed by atoms with Crippen LogP contribution < -0.4 is 0 Å². The van der Waals surface area contributed by atoms with Crippen LogP contribution in [0.15, 0.2) is 54.7 Å². The van der Waals surface area contributed by atoms with Crippen LogP contribution in [-0.4, -0.2) is 27.3 Å². The van der Waals surface area contributed by atoms with Crippen LogP contribution in [0, 0.1) is 0 Å². The monoisotopic (exact) mass is 329 g/mol. The van der Waals surface area contributed by atoms with Gasteiger partial charge in [-0.05, 0) is 29.7 Å². The third-order valence-electron chi connectivity index (χ3n) is 5.25. The van der Waals surface area contributed by atoms with E-state index in [1.54, 1.807) is 0 Å². The average molecular weight is 329 g/mol. The molecule has 0 saturated heterocycles. The summed E-state index contributed by atoms with van der Waals surface area (Å²) in [6, 6.07) is 16.5. The lowest BCUT2D eigenvalue weighted by Gasteiger charge is -2.27. The smallest absolute Gasteiger partial charge is 0.227 e. The van der Waals surface area contributed by atoms with Gasteiger partial charge in [-0.1, -0.05) is 36.4 Å². The van der Waals surface area contributed by atoms with Gasteiger partial charge < -0.3 is 14.9 Å². The first kappa shape index (κ1) is 14.3. The van der Waals surface area contributed by atoms with Crippen LogP contribution in [0.5, 0.6) is 0 Å². The molecule has 1 amide bonds. The van der Waals surface area contributed by atoms with Crippen molar-refractivity contribution in [1.82, 2.24) is 14.9 Å². The minimum atomic E-state index is 0.189. The van der Waals surface area contributed by atoms with Gasteiger partial charge in [0, 0.05) is 40.2 Å². The zero-order chi connectivity index (χ0) is 16.8. The second-order valence-corrected chi connectivity index (χ2v) is 6.73. The highest BCUT2D eigenvalue weighted by atomic mass is 16.2. The first-order valence-corrected chi connectivity index (χ1v) is 8.71. The minimum absolute atomic E-state index is 0.189. The van der Waals surface area contributed by atoms with Gasteiger partial charge in [0.05, 0.1) is 13.0 Å². The van der Waals surface area contributed by atoms with Crippen LogP contribution in [0.2, 0.25) is 0 Å². The first-order valence-electron chi connectivity index (χ1n) is 8.71. The molecule has 0 spiro atoms. The second kappa shape index (κ2) is 5.52. The number of rotatable bonds is 2. The summed E-state index contributed by atoms with van der Waals surface area (Å²) in [6.45, 7) is 1.46. The molecule has 0 atom stereocenters. The van der Waals surface area contributed by atoms with Gasteiger partial charge in [-0.3, -0.25) is 4.79 Å². The van der Waals surface area contributed by atoms with Crippen LogP contribution in [0.3, 0.4) is 0 Å². The fraction of sp³-hybridized carbons (Fsp3) is 0.190. The van der Waals surface area contributed by atoms with Crippen LogP contribution in [0.4, 0.5) is 0 Å². The zero-order valence-electron chi connectivity index (χ0n) is 13.9. The molecule has 4 nitrogen and oxygen atoms in total. The summed E-state index contributed by atoms with van der Waals surface area (Å²) in [5.74, 6) is 0.189. The van der Waals surface area contributed by atoms with Crippen molar-refractivity contribution >= 4 is 27.7 Å². The third kappa shape index (κ3) is 2.33. The predicted octanol–water partition coefficient (Wildman–Crippen LogP) is 3.78. The Morgan fingerprint density at radius 1 is 1.00 bits per heavy atom. The average Bonchev–Trinajstić information content (AvgIpc) is 3.22. The number of para-hydroxylation sites is 2. The maximum absolute atomic E-state index is 12.8. The summed E-state index contributed by atoms with van der Waals surface area (Å²) < 4.78 is 0. The van der Waals surface area contributed by atoms with E-state index >= 15 is 0 Å². The van der Waals surface area contributed by atoms with Gasteiger partial charge in [0.1, 0.15) is 0 Å². The van der Waals surface area contributed by atoms with Gasteiger partial charge in [-0.25, -0.2) is 0 Å². The highest BCUT2D eigenvalue weighted by molar-refractivity contribution is 5.89. The molecule has 4 aromatic rings. The van der Waals surface area contributed by atoms with E-state index in [4.69, 9.17) is 0 Å². The molecular weight excluding hydrogens is 310 g/mol. The fourth-order valence-electron chi connectivity index (χ4n) is 3.96. The number of amides is 1. The van der Waals surface area contributed by atoms with E-state index in [-0.39, 0.29) is 5.91 Å². The van der Waals surface area contributed by atoms with E-state index in [9.17, 15) is 4.79 Å². The summed E-state index contributed by atoms with van der Waals surface area (Å²) in [5.41, 5.74) is 5.87. The topological polar surface area (TPSA) is 51.9 Å². The van der Waals surface area contributed by atoms with E-state index in [0.717, 1.165) is 29.4 Å². The molecule has 5 rings (SSSR count). The lowest BCUT2D eigenvalue weighted by molar-refractivity contribution is -0.131. The van der Waals surface area contributed by atoms with Crippen LogP contribution in [0.1, 0.15) is 16.8 Å². The van der Waals surface area contributed by atoms with Crippen molar-refractivity contribution in [3.05, 3.63) is 71.5 Å². The van der Waals surface area contributed by atoms with Crippen molar-refractivity contribution in [3.63, 3.8) is 0 Å². The van der Waals surface area contributed by atoms with Gasteiger partial charge >= 0.3 is 0 Å². The molecule has 0 radical (unpaired) electrons. The zero-order valence-corrected chi connectivity index (χ0v) is 13.9.